The molecule has 2 aliphatic rings. The predicted molar refractivity (Wildman–Crippen MR) is 123 cm³/mol. The Morgan fingerprint density at radius 3 is 2.91 bits per heavy atom. The first-order valence-corrected chi connectivity index (χ1v) is 12.5. The van der Waals surface area contributed by atoms with Crippen molar-refractivity contribution < 1.29 is 32.6 Å². The van der Waals surface area contributed by atoms with E-state index in [-0.39, 0.29) is 41.8 Å². The van der Waals surface area contributed by atoms with Crippen molar-refractivity contribution in [3.05, 3.63) is 34.3 Å². The van der Waals surface area contributed by atoms with Crippen molar-refractivity contribution >= 4 is 51.4 Å². The molecule has 2 atom stereocenters. The van der Waals surface area contributed by atoms with E-state index >= 15 is 0 Å². The Bertz CT molecular complexity index is 904. The zero-order valence-corrected chi connectivity index (χ0v) is 19.8. The molecular weight excluding hydrogens is 503 g/mol. The smallest absolute Gasteiger partial charge is 0.417 e. The minimum atomic E-state index is -4.51. The fourth-order valence-electron chi connectivity index (χ4n) is 3.38. The van der Waals surface area contributed by atoms with Gasteiger partial charge in [0, 0.05) is 31.9 Å². The number of nitrogens with one attached hydrogen (secondary N) is 1. The number of nitrogens with zero attached hydrogens (tertiary/aromatic N) is 2. The van der Waals surface area contributed by atoms with Crippen molar-refractivity contribution in [1.82, 2.24) is 10.2 Å². The Morgan fingerprint density at radius 1 is 1.39 bits per heavy atom. The summed E-state index contributed by atoms with van der Waals surface area (Å²) in [5.41, 5.74) is -0.348. The molecule has 13 heteroatoms. The first kappa shape index (κ1) is 26.1. The number of thioether (sulfide) groups is 2. The molecule has 1 unspecified atom stereocenters. The molecule has 1 saturated heterocycles. The van der Waals surface area contributed by atoms with Crippen LogP contribution in [0.4, 0.5) is 13.2 Å². The molecule has 1 aromatic carbocycles. The summed E-state index contributed by atoms with van der Waals surface area (Å²) in [7, 11) is 0. The van der Waals surface area contributed by atoms with Crippen LogP contribution in [-0.4, -0.2) is 76.2 Å². The quantitative estimate of drug-likeness (QED) is 0.538. The largest absolute Gasteiger partial charge is 0.481 e. The molecule has 182 valence electrons. The van der Waals surface area contributed by atoms with Crippen LogP contribution in [0.25, 0.3) is 0 Å². The van der Waals surface area contributed by atoms with Crippen LogP contribution >= 0.6 is 35.1 Å². The number of hydrogen-bond acceptors (Lipinski definition) is 7. The third kappa shape index (κ3) is 8.36. The molecule has 2 heterocycles. The number of rotatable bonds is 8. The van der Waals surface area contributed by atoms with Crippen molar-refractivity contribution in [2.45, 2.75) is 31.3 Å². The van der Waals surface area contributed by atoms with Crippen molar-refractivity contribution in [3.8, 4) is 0 Å². The van der Waals surface area contributed by atoms with E-state index in [0.29, 0.717) is 41.9 Å². The monoisotopic (exact) mass is 525 g/mol. The minimum absolute atomic E-state index is 0.0215. The highest BCUT2D eigenvalue weighted by Crippen LogP contribution is 2.35. The second-order valence-corrected chi connectivity index (χ2v) is 10.2. The summed E-state index contributed by atoms with van der Waals surface area (Å²) in [6.07, 6.45) is -4.81. The van der Waals surface area contributed by atoms with E-state index in [1.165, 1.54) is 29.6 Å². The fourth-order valence-corrected chi connectivity index (χ4v) is 5.65. The Balaban J connectivity index is 1.42. The first-order chi connectivity index (χ1) is 15.6. The molecule has 0 spiro atoms. The fraction of sp³-hybridized carbons (Fsp3) is 0.550. The van der Waals surface area contributed by atoms with Gasteiger partial charge in [0.05, 0.1) is 41.5 Å². The second-order valence-electron chi connectivity index (χ2n) is 7.59. The number of morpholine rings is 1. The number of halogens is 4. The minimum Gasteiger partial charge on any atom is -0.481 e. The van der Waals surface area contributed by atoms with Crippen molar-refractivity contribution in [2.75, 3.05) is 37.7 Å². The molecule has 0 bridgehead atoms. The van der Waals surface area contributed by atoms with Gasteiger partial charge in [-0.25, -0.2) is 0 Å². The summed E-state index contributed by atoms with van der Waals surface area (Å²) in [6.45, 7) is 2.05. The molecule has 0 radical (unpaired) electrons. The number of carbonyl (C=O) groups excluding carboxylic acids is 1. The van der Waals surface area contributed by atoms with Crippen LogP contribution in [0, 0.1) is 0 Å². The number of hydrogen-bond donors (Lipinski definition) is 2. The molecule has 1 amide bonds. The number of ether oxygens (including phenoxy) is 1. The van der Waals surface area contributed by atoms with Crippen molar-refractivity contribution in [1.29, 1.82) is 0 Å². The van der Waals surface area contributed by atoms with Gasteiger partial charge in [-0.05, 0) is 17.7 Å². The van der Waals surface area contributed by atoms with Crippen LogP contribution in [0.5, 0.6) is 0 Å². The molecule has 7 nitrogen and oxygen atoms in total. The van der Waals surface area contributed by atoms with Crippen LogP contribution in [0.15, 0.2) is 23.2 Å². The maximum Gasteiger partial charge on any atom is 0.417 e. The predicted octanol–water partition coefficient (Wildman–Crippen LogP) is 3.36. The molecule has 2 N–H and O–H groups in total. The van der Waals surface area contributed by atoms with Gasteiger partial charge >= 0.3 is 12.1 Å². The SMILES string of the molecule is O=C(O)CC1CSC(SCC(=O)NC[C@H]2CN(Cc3ccc(Cl)c(C(F)(F)F)c3)CCO2)=N1. The topological polar surface area (TPSA) is 91.2 Å². The van der Waals surface area contributed by atoms with Crippen molar-refractivity contribution in [3.63, 3.8) is 0 Å². The summed E-state index contributed by atoms with van der Waals surface area (Å²) >= 11 is 8.40. The Labute approximate surface area is 202 Å². The van der Waals surface area contributed by atoms with Gasteiger partial charge in [0.1, 0.15) is 4.38 Å². The highest BCUT2D eigenvalue weighted by atomic mass is 35.5. The van der Waals surface area contributed by atoms with Crippen LogP contribution in [0.1, 0.15) is 17.5 Å². The molecular formula is C20H23ClF3N3O4S2. The number of benzene rings is 1. The third-order valence-corrected chi connectivity index (χ3v) is 7.62. The van der Waals surface area contributed by atoms with Gasteiger partial charge in [0.25, 0.3) is 0 Å². The van der Waals surface area contributed by atoms with Gasteiger partial charge in [-0.15, -0.1) is 0 Å². The third-order valence-electron chi connectivity index (χ3n) is 4.92. The molecule has 1 fully saturated rings. The lowest BCUT2D eigenvalue weighted by Gasteiger charge is -2.33. The van der Waals surface area contributed by atoms with Crippen LogP contribution in [-0.2, 0) is 27.0 Å². The van der Waals surface area contributed by atoms with E-state index in [1.807, 2.05) is 4.90 Å². The van der Waals surface area contributed by atoms with Gasteiger partial charge in [-0.3, -0.25) is 19.5 Å². The lowest BCUT2D eigenvalue weighted by molar-refractivity contribution is -0.138. The molecule has 2 aliphatic heterocycles. The van der Waals surface area contributed by atoms with Crippen LogP contribution in [0.2, 0.25) is 5.02 Å². The molecule has 1 aromatic rings. The summed E-state index contributed by atoms with van der Waals surface area (Å²) in [5, 5.41) is 11.3. The molecule has 3 rings (SSSR count). The van der Waals surface area contributed by atoms with Crippen LogP contribution in [0.3, 0.4) is 0 Å². The Kier molecular flexibility index (Phi) is 9.34. The first-order valence-electron chi connectivity index (χ1n) is 10.1. The van der Waals surface area contributed by atoms with Gasteiger partial charge in [-0.1, -0.05) is 41.2 Å². The summed E-state index contributed by atoms with van der Waals surface area (Å²) < 4.78 is 45.6. The number of aliphatic carboxylic acids is 1. The van der Waals surface area contributed by atoms with Gasteiger partial charge in [-0.2, -0.15) is 13.2 Å². The molecule has 33 heavy (non-hydrogen) atoms. The summed E-state index contributed by atoms with van der Waals surface area (Å²) in [4.78, 5) is 29.2. The lowest BCUT2D eigenvalue weighted by atomic mass is 10.1. The lowest BCUT2D eigenvalue weighted by Crippen LogP contribution is -2.47. The van der Waals surface area contributed by atoms with E-state index in [2.05, 4.69) is 10.3 Å². The number of carboxylic acids is 1. The maximum absolute atomic E-state index is 13.1. The van der Waals surface area contributed by atoms with Gasteiger partial charge in [0.15, 0.2) is 0 Å². The van der Waals surface area contributed by atoms with E-state index in [4.69, 9.17) is 21.4 Å². The van der Waals surface area contributed by atoms with E-state index in [1.54, 1.807) is 6.07 Å². The van der Waals surface area contributed by atoms with E-state index in [0.717, 1.165) is 6.07 Å². The molecule has 0 saturated carbocycles. The molecule has 0 aliphatic carbocycles. The summed E-state index contributed by atoms with van der Waals surface area (Å²) in [5.74, 6) is -0.336. The number of aliphatic imine (C=N–C) groups is 1. The van der Waals surface area contributed by atoms with Crippen molar-refractivity contribution in [2.24, 2.45) is 4.99 Å². The number of carboxylic acid groups (broad SMARTS) is 1. The average Bonchev–Trinajstić information content (AvgIpc) is 3.18. The Morgan fingerprint density at radius 2 is 2.18 bits per heavy atom. The van der Waals surface area contributed by atoms with Gasteiger partial charge < -0.3 is 15.2 Å². The highest BCUT2D eigenvalue weighted by Gasteiger charge is 2.33. The van der Waals surface area contributed by atoms with E-state index in [9.17, 15) is 22.8 Å². The Hall–Kier alpha value is -1.47. The summed E-state index contributed by atoms with van der Waals surface area (Å²) in [6, 6.07) is 3.64. The average molecular weight is 526 g/mol. The van der Waals surface area contributed by atoms with E-state index < -0.39 is 17.7 Å². The number of amides is 1. The highest BCUT2D eigenvalue weighted by molar-refractivity contribution is 8.39. The number of alkyl halides is 3. The second kappa shape index (κ2) is 11.8. The standard InChI is InChI=1S/C20H23ClF3N3O4S2/c21-16-2-1-12(5-15(16)20(22,23)24)8-27-3-4-31-14(9-27)7-25-17(28)11-33-19-26-13(10-32-19)6-18(29)30/h1-2,5,13-14H,3-4,6-11H2,(H,25,28)(H,29,30)/t13?,14-/m0/s1. The zero-order valence-electron chi connectivity index (χ0n) is 17.4. The zero-order chi connectivity index (χ0) is 24.0. The number of carbonyl (C=O) groups is 2. The normalized spacial score (nSPS) is 21.6. The van der Waals surface area contributed by atoms with Crippen LogP contribution < -0.4 is 5.32 Å². The van der Waals surface area contributed by atoms with Gasteiger partial charge in [0.2, 0.25) is 5.91 Å². The molecule has 0 aromatic heterocycles. The maximum atomic E-state index is 13.1.